The average Bonchev–Trinajstić information content (AvgIpc) is 2.31. The van der Waals surface area contributed by atoms with Gasteiger partial charge in [-0.05, 0) is 37.6 Å². The molecule has 2 nitrogen and oxygen atoms in total. The standard InChI is InChI=1S/C13H20FNOS/c1-3-15-10(2)11-5-6-13(12(14)9-11)17-8-4-7-16/h5-6,9-10,15-16H,3-4,7-8H2,1-2H3. The first-order chi connectivity index (χ1) is 8.19. The normalized spacial score (nSPS) is 12.7. The minimum absolute atomic E-state index is 0.157. The van der Waals surface area contributed by atoms with Gasteiger partial charge in [0, 0.05) is 23.3 Å². The van der Waals surface area contributed by atoms with Crippen LogP contribution in [0.4, 0.5) is 4.39 Å². The van der Waals surface area contributed by atoms with Gasteiger partial charge < -0.3 is 10.4 Å². The highest BCUT2D eigenvalue weighted by Crippen LogP contribution is 2.25. The van der Waals surface area contributed by atoms with Crippen LogP contribution < -0.4 is 5.32 Å². The van der Waals surface area contributed by atoms with E-state index in [4.69, 9.17) is 5.11 Å². The first-order valence-electron chi connectivity index (χ1n) is 5.95. The summed E-state index contributed by atoms with van der Waals surface area (Å²) in [6.45, 7) is 5.09. The predicted molar refractivity (Wildman–Crippen MR) is 70.9 cm³/mol. The van der Waals surface area contributed by atoms with Gasteiger partial charge >= 0.3 is 0 Å². The van der Waals surface area contributed by atoms with Crippen LogP contribution in [0.3, 0.4) is 0 Å². The first-order valence-corrected chi connectivity index (χ1v) is 6.94. The lowest BCUT2D eigenvalue weighted by Gasteiger charge is -2.13. The summed E-state index contributed by atoms with van der Waals surface area (Å²) in [7, 11) is 0. The van der Waals surface area contributed by atoms with E-state index in [1.165, 1.54) is 11.8 Å². The lowest BCUT2D eigenvalue weighted by molar-refractivity contribution is 0.296. The van der Waals surface area contributed by atoms with Crippen LogP contribution in [0.5, 0.6) is 0 Å². The fourth-order valence-electron chi connectivity index (χ4n) is 1.57. The molecule has 0 aliphatic rings. The summed E-state index contributed by atoms with van der Waals surface area (Å²) < 4.78 is 13.8. The van der Waals surface area contributed by atoms with Crippen LogP contribution >= 0.6 is 11.8 Å². The Hall–Kier alpha value is -0.580. The highest BCUT2D eigenvalue weighted by atomic mass is 32.2. The lowest BCUT2D eigenvalue weighted by Crippen LogP contribution is -2.17. The van der Waals surface area contributed by atoms with E-state index in [2.05, 4.69) is 5.32 Å². The van der Waals surface area contributed by atoms with Crippen LogP contribution in [0.1, 0.15) is 31.9 Å². The van der Waals surface area contributed by atoms with Crippen molar-refractivity contribution in [3.63, 3.8) is 0 Å². The Bertz CT molecular complexity index is 346. The summed E-state index contributed by atoms with van der Waals surface area (Å²) >= 11 is 1.45. The third-order valence-electron chi connectivity index (χ3n) is 2.53. The van der Waals surface area contributed by atoms with E-state index in [9.17, 15) is 4.39 Å². The highest BCUT2D eigenvalue weighted by Gasteiger charge is 2.08. The SMILES string of the molecule is CCNC(C)c1ccc(SCCCO)c(F)c1. The van der Waals surface area contributed by atoms with Crippen LogP contribution in [0.2, 0.25) is 0 Å². The van der Waals surface area contributed by atoms with Crippen molar-refractivity contribution in [1.29, 1.82) is 0 Å². The number of rotatable bonds is 7. The second kappa shape index (κ2) is 7.69. The summed E-state index contributed by atoms with van der Waals surface area (Å²) in [5, 5.41) is 11.9. The summed E-state index contributed by atoms with van der Waals surface area (Å²) in [6, 6.07) is 5.54. The monoisotopic (exact) mass is 257 g/mol. The van der Waals surface area contributed by atoms with E-state index in [0.29, 0.717) is 11.3 Å². The minimum Gasteiger partial charge on any atom is -0.396 e. The molecule has 2 N–H and O–H groups in total. The Morgan fingerprint density at radius 1 is 1.47 bits per heavy atom. The summed E-state index contributed by atoms with van der Waals surface area (Å²) in [5.74, 6) is 0.574. The zero-order valence-corrected chi connectivity index (χ0v) is 11.2. The number of benzene rings is 1. The molecule has 0 radical (unpaired) electrons. The number of aliphatic hydroxyl groups is 1. The van der Waals surface area contributed by atoms with Crippen LogP contribution in [-0.2, 0) is 0 Å². The van der Waals surface area contributed by atoms with Gasteiger partial charge in [0.25, 0.3) is 0 Å². The van der Waals surface area contributed by atoms with E-state index in [1.54, 1.807) is 6.07 Å². The minimum atomic E-state index is -0.171. The van der Waals surface area contributed by atoms with Crippen LogP contribution in [0, 0.1) is 5.82 Å². The number of aliphatic hydroxyl groups excluding tert-OH is 1. The largest absolute Gasteiger partial charge is 0.396 e. The van der Waals surface area contributed by atoms with E-state index in [0.717, 1.165) is 17.9 Å². The summed E-state index contributed by atoms with van der Waals surface area (Å²) in [4.78, 5) is 0.658. The van der Waals surface area contributed by atoms with Crippen molar-refractivity contribution in [2.24, 2.45) is 0 Å². The second-order valence-electron chi connectivity index (χ2n) is 3.89. The second-order valence-corrected chi connectivity index (χ2v) is 5.03. The molecule has 0 spiro atoms. The van der Waals surface area contributed by atoms with Crippen molar-refractivity contribution in [1.82, 2.24) is 5.32 Å². The van der Waals surface area contributed by atoms with Gasteiger partial charge in [-0.3, -0.25) is 0 Å². The molecule has 17 heavy (non-hydrogen) atoms. The Morgan fingerprint density at radius 3 is 2.82 bits per heavy atom. The molecule has 4 heteroatoms. The molecule has 0 amide bonds. The van der Waals surface area contributed by atoms with Crippen LogP contribution in [-0.4, -0.2) is 24.0 Å². The smallest absolute Gasteiger partial charge is 0.137 e. The zero-order chi connectivity index (χ0) is 12.7. The van der Waals surface area contributed by atoms with Crippen molar-refractivity contribution in [3.8, 4) is 0 Å². The zero-order valence-electron chi connectivity index (χ0n) is 10.4. The van der Waals surface area contributed by atoms with Gasteiger partial charge in [0.1, 0.15) is 5.82 Å². The van der Waals surface area contributed by atoms with Crippen LogP contribution in [0.15, 0.2) is 23.1 Å². The third-order valence-corrected chi connectivity index (χ3v) is 3.66. The molecule has 1 aromatic rings. The van der Waals surface area contributed by atoms with Crippen molar-refractivity contribution in [2.45, 2.75) is 31.2 Å². The van der Waals surface area contributed by atoms with Gasteiger partial charge in [0.15, 0.2) is 0 Å². The van der Waals surface area contributed by atoms with Crippen LogP contribution in [0.25, 0.3) is 0 Å². The highest BCUT2D eigenvalue weighted by molar-refractivity contribution is 7.99. The van der Waals surface area contributed by atoms with Crippen molar-refractivity contribution in [2.75, 3.05) is 18.9 Å². The van der Waals surface area contributed by atoms with Gasteiger partial charge in [-0.2, -0.15) is 0 Å². The van der Waals surface area contributed by atoms with Gasteiger partial charge in [0.05, 0.1) is 0 Å². The molecule has 1 aromatic carbocycles. The first kappa shape index (κ1) is 14.5. The quantitative estimate of drug-likeness (QED) is 0.582. The van der Waals surface area contributed by atoms with E-state index in [-0.39, 0.29) is 18.5 Å². The molecular weight excluding hydrogens is 237 g/mol. The molecule has 0 saturated heterocycles. The number of hydrogen-bond donors (Lipinski definition) is 2. The van der Waals surface area contributed by atoms with Crippen molar-refractivity contribution in [3.05, 3.63) is 29.6 Å². The molecule has 0 heterocycles. The summed E-state index contributed by atoms with van der Waals surface area (Å²) in [5.41, 5.74) is 0.968. The molecule has 0 aliphatic heterocycles. The molecule has 0 saturated carbocycles. The average molecular weight is 257 g/mol. The van der Waals surface area contributed by atoms with Gasteiger partial charge in [-0.25, -0.2) is 4.39 Å². The molecular formula is C13H20FNOS. The van der Waals surface area contributed by atoms with Crippen molar-refractivity contribution < 1.29 is 9.50 Å². The molecule has 1 unspecified atom stereocenters. The molecule has 1 rings (SSSR count). The molecule has 0 aliphatic carbocycles. The predicted octanol–water partition coefficient (Wildman–Crippen LogP) is 2.97. The molecule has 0 bridgehead atoms. The lowest BCUT2D eigenvalue weighted by atomic mass is 10.1. The number of hydrogen-bond acceptors (Lipinski definition) is 3. The van der Waals surface area contributed by atoms with Gasteiger partial charge in [0.2, 0.25) is 0 Å². The van der Waals surface area contributed by atoms with Gasteiger partial charge in [-0.15, -0.1) is 11.8 Å². The molecule has 0 aromatic heterocycles. The Kier molecular flexibility index (Phi) is 6.55. The number of halogens is 1. The third kappa shape index (κ3) is 4.66. The number of thioether (sulfide) groups is 1. The number of nitrogens with one attached hydrogen (secondary N) is 1. The fourth-order valence-corrected chi connectivity index (χ4v) is 2.43. The molecule has 0 fully saturated rings. The maximum Gasteiger partial charge on any atom is 0.137 e. The molecule has 96 valence electrons. The maximum absolute atomic E-state index is 13.8. The maximum atomic E-state index is 13.8. The van der Waals surface area contributed by atoms with E-state index >= 15 is 0 Å². The summed E-state index contributed by atoms with van der Waals surface area (Å²) in [6.07, 6.45) is 0.694. The Morgan fingerprint density at radius 2 is 2.24 bits per heavy atom. The van der Waals surface area contributed by atoms with Gasteiger partial charge in [-0.1, -0.05) is 13.0 Å². The Labute approximate surface area is 107 Å². The fraction of sp³-hybridized carbons (Fsp3) is 0.538. The van der Waals surface area contributed by atoms with E-state index in [1.807, 2.05) is 26.0 Å². The van der Waals surface area contributed by atoms with Crippen molar-refractivity contribution >= 4 is 11.8 Å². The Balaban J connectivity index is 2.65. The van der Waals surface area contributed by atoms with E-state index < -0.39 is 0 Å². The molecule has 1 atom stereocenters. The topological polar surface area (TPSA) is 32.3 Å².